The van der Waals surface area contributed by atoms with E-state index in [9.17, 15) is 19.6 Å². The molecule has 4 aromatic rings. The summed E-state index contributed by atoms with van der Waals surface area (Å²) in [6.07, 6.45) is 4.81. The van der Waals surface area contributed by atoms with Crippen LogP contribution in [-0.4, -0.2) is 23.0 Å². The summed E-state index contributed by atoms with van der Waals surface area (Å²) in [5.41, 5.74) is 2.82. The van der Waals surface area contributed by atoms with Crippen LogP contribution in [0.4, 0.5) is 10.7 Å². The van der Waals surface area contributed by atoms with Gasteiger partial charge in [-0.25, -0.2) is 0 Å². The molecule has 0 fully saturated rings. The molecular formula is C36H32Cl2N4O3S2. The van der Waals surface area contributed by atoms with Gasteiger partial charge in [-0.2, -0.15) is 5.26 Å². The maximum Gasteiger partial charge on any atom is 0.272 e. The monoisotopic (exact) mass is 702 g/mol. The first kappa shape index (κ1) is 34.3. The Bertz CT molecular complexity index is 1860. The molecule has 0 radical (unpaired) electrons. The molecular weight excluding hydrogens is 671 g/mol. The second kappa shape index (κ2) is 15.7. The molecule has 3 amide bonds. The van der Waals surface area contributed by atoms with Crippen LogP contribution in [0, 0.1) is 17.2 Å². The van der Waals surface area contributed by atoms with Gasteiger partial charge in [-0.1, -0.05) is 67.4 Å². The Morgan fingerprint density at radius 3 is 2.47 bits per heavy atom. The number of nitrogens with one attached hydrogen (secondary N) is 3. The van der Waals surface area contributed by atoms with Crippen molar-refractivity contribution in [3.8, 4) is 6.07 Å². The van der Waals surface area contributed by atoms with Crippen LogP contribution >= 0.6 is 46.3 Å². The molecule has 0 saturated heterocycles. The lowest BCUT2D eigenvalue weighted by Gasteiger charge is -2.17. The van der Waals surface area contributed by atoms with Crippen LogP contribution < -0.4 is 16.0 Å². The minimum absolute atomic E-state index is 0.0564. The Morgan fingerprint density at radius 1 is 1.04 bits per heavy atom. The molecule has 5 rings (SSSR count). The van der Waals surface area contributed by atoms with Gasteiger partial charge in [0.05, 0.1) is 10.8 Å². The molecule has 47 heavy (non-hydrogen) atoms. The molecule has 2 unspecified atom stereocenters. The van der Waals surface area contributed by atoms with Crippen LogP contribution in [-0.2, 0) is 22.4 Å². The smallest absolute Gasteiger partial charge is 0.272 e. The summed E-state index contributed by atoms with van der Waals surface area (Å²) in [5.74, 6) is -0.682. The number of carbonyl (C=O) groups is 3. The van der Waals surface area contributed by atoms with Crippen LogP contribution in [0.2, 0.25) is 10.0 Å². The van der Waals surface area contributed by atoms with Gasteiger partial charge in [-0.15, -0.1) is 23.1 Å². The van der Waals surface area contributed by atoms with Crippen LogP contribution in [0.25, 0.3) is 6.08 Å². The fourth-order valence-electron chi connectivity index (χ4n) is 5.22. The number of rotatable bonds is 10. The van der Waals surface area contributed by atoms with Crippen molar-refractivity contribution in [3.63, 3.8) is 0 Å². The predicted octanol–water partition coefficient (Wildman–Crippen LogP) is 8.97. The van der Waals surface area contributed by atoms with E-state index >= 15 is 0 Å². The predicted molar refractivity (Wildman–Crippen MR) is 192 cm³/mol. The highest BCUT2D eigenvalue weighted by atomic mass is 35.5. The summed E-state index contributed by atoms with van der Waals surface area (Å²) < 4.78 is 0. The van der Waals surface area contributed by atoms with Gasteiger partial charge in [0.15, 0.2) is 0 Å². The molecule has 240 valence electrons. The van der Waals surface area contributed by atoms with Crippen molar-refractivity contribution in [2.75, 3.05) is 10.6 Å². The number of anilines is 2. The first-order valence-corrected chi connectivity index (χ1v) is 17.6. The standard InChI is InChI=1S/C36H32Cl2N4O3S2/c1-3-31(35(45)42-36-27(20-39)25-16-15-21(2)17-32(25)47-36)46-24-12-7-11-23(18-24)40-34(44)30(19-26-28(37)13-8-14-29(26)38)41-33(43)22-9-5-4-6-10-22/h4-14,18-19,21,31H,3,15-17H2,1-2H3,(H,40,44)(H,41,43)(H,42,45)/b30-19+. The average molecular weight is 704 g/mol. The zero-order chi connectivity index (χ0) is 33.5. The molecule has 3 aromatic carbocycles. The normalized spacial score (nSPS) is 14.8. The lowest BCUT2D eigenvalue weighted by Crippen LogP contribution is -2.30. The number of nitrogens with zero attached hydrogens (tertiary/aromatic N) is 1. The molecule has 7 nitrogen and oxygen atoms in total. The van der Waals surface area contributed by atoms with Crippen LogP contribution in [0.5, 0.6) is 0 Å². The Kier molecular flexibility index (Phi) is 11.4. The van der Waals surface area contributed by atoms with E-state index in [1.54, 1.807) is 66.7 Å². The molecule has 1 heterocycles. The highest BCUT2D eigenvalue weighted by Crippen LogP contribution is 2.40. The molecule has 1 aliphatic carbocycles. The number of hydrogen-bond donors (Lipinski definition) is 3. The van der Waals surface area contributed by atoms with Gasteiger partial charge in [0.2, 0.25) is 5.91 Å². The van der Waals surface area contributed by atoms with Gasteiger partial charge < -0.3 is 16.0 Å². The Labute approximate surface area is 292 Å². The molecule has 11 heteroatoms. The summed E-state index contributed by atoms with van der Waals surface area (Å²) in [7, 11) is 0. The Morgan fingerprint density at radius 2 is 1.77 bits per heavy atom. The third kappa shape index (κ3) is 8.45. The summed E-state index contributed by atoms with van der Waals surface area (Å²) in [6, 6.07) is 22.9. The van der Waals surface area contributed by atoms with E-state index in [1.165, 1.54) is 34.1 Å². The Hall–Kier alpha value is -4.07. The second-order valence-electron chi connectivity index (χ2n) is 11.2. The number of fused-ring (bicyclic) bond motifs is 1. The topological polar surface area (TPSA) is 111 Å². The number of halogens is 2. The van der Waals surface area contributed by atoms with Crippen molar-refractivity contribution in [1.82, 2.24) is 5.32 Å². The molecule has 0 saturated carbocycles. The van der Waals surface area contributed by atoms with Crippen molar-refractivity contribution < 1.29 is 14.4 Å². The molecule has 3 N–H and O–H groups in total. The number of thiophene rings is 1. The summed E-state index contributed by atoms with van der Waals surface area (Å²) >= 11 is 15.6. The molecule has 1 aromatic heterocycles. The number of carbonyl (C=O) groups excluding carboxylic acids is 3. The van der Waals surface area contributed by atoms with Crippen molar-refractivity contribution in [3.05, 3.63) is 116 Å². The van der Waals surface area contributed by atoms with Gasteiger partial charge in [0.25, 0.3) is 11.8 Å². The van der Waals surface area contributed by atoms with Gasteiger partial charge in [0, 0.05) is 36.6 Å². The first-order chi connectivity index (χ1) is 22.7. The van der Waals surface area contributed by atoms with E-state index in [4.69, 9.17) is 23.2 Å². The minimum Gasteiger partial charge on any atom is -0.321 e. The summed E-state index contributed by atoms with van der Waals surface area (Å²) in [4.78, 5) is 42.0. The number of thioether (sulfide) groups is 1. The number of benzene rings is 3. The molecule has 2 atom stereocenters. The maximum atomic E-state index is 13.6. The van der Waals surface area contributed by atoms with Crippen LogP contribution in [0.1, 0.15) is 58.6 Å². The fourth-order valence-corrected chi connectivity index (χ4v) is 8.10. The lowest BCUT2D eigenvalue weighted by atomic mass is 9.88. The maximum absolute atomic E-state index is 13.6. The first-order valence-electron chi connectivity index (χ1n) is 15.1. The van der Waals surface area contributed by atoms with Crippen molar-refractivity contribution in [2.24, 2.45) is 5.92 Å². The molecule has 0 spiro atoms. The highest BCUT2D eigenvalue weighted by molar-refractivity contribution is 8.00. The quantitative estimate of drug-likeness (QED) is 0.113. The average Bonchev–Trinajstić information content (AvgIpc) is 3.40. The minimum atomic E-state index is -0.586. The van der Waals surface area contributed by atoms with Crippen molar-refractivity contribution in [1.29, 1.82) is 5.26 Å². The van der Waals surface area contributed by atoms with Gasteiger partial charge in [0.1, 0.15) is 16.8 Å². The zero-order valence-corrected chi connectivity index (χ0v) is 28.9. The van der Waals surface area contributed by atoms with Crippen molar-refractivity contribution >= 4 is 80.8 Å². The molecule has 1 aliphatic rings. The van der Waals surface area contributed by atoms with Crippen LogP contribution in [0.3, 0.4) is 0 Å². The largest absolute Gasteiger partial charge is 0.321 e. The number of nitriles is 1. The van der Waals surface area contributed by atoms with E-state index in [2.05, 4.69) is 28.9 Å². The van der Waals surface area contributed by atoms with Crippen LogP contribution in [0.15, 0.2) is 83.4 Å². The van der Waals surface area contributed by atoms with Crippen molar-refractivity contribution in [2.45, 2.75) is 49.7 Å². The molecule has 0 aliphatic heterocycles. The zero-order valence-electron chi connectivity index (χ0n) is 25.7. The van der Waals surface area contributed by atoms with E-state index in [0.717, 1.165) is 29.7 Å². The number of amides is 3. The lowest BCUT2D eigenvalue weighted by molar-refractivity contribution is -0.116. The SMILES string of the molecule is CCC(Sc1cccc(NC(=O)/C(=C\c2c(Cl)cccc2Cl)NC(=O)c2ccccc2)c1)C(=O)Nc1sc2c(c1C#N)CCC(C)C2. The fraction of sp³-hybridized carbons (Fsp3) is 0.222. The van der Waals surface area contributed by atoms with Gasteiger partial charge in [-0.3, -0.25) is 14.4 Å². The summed E-state index contributed by atoms with van der Waals surface area (Å²) in [5, 5.41) is 19.2. The van der Waals surface area contributed by atoms with E-state index in [1.807, 2.05) is 13.0 Å². The van der Waals surface area contributed by atoms with E-state index in [-0.39, 0.29) is 11.6 Å². The highest BCUT2D eigenvalue weighted by Gasteiger charge is 2.27. The summed E-state index contributed by atoms with van der Waals surface area (Å²) in [6.45, 7) is 4.14. The second-order valence-corrected chi connectivity index (χ2v) is 14.4. The van der Waals surface area contributed by atoms with Gasteiger partial charge >= 0.3 is 0 Å². The third-order valence-corrected chi connectivity index (χ3v) is 10.9. The van der Waals surface area contributed by atoms with E-state index in [0.29, 0.717) is 49.8 Å². The number of hydrogen-bond acceptors (Lipinski definition) is 6. The third-order valence-electron chi connectivity index (χ3n) is 7.71. The van der Waals surface area contributed by atoms with E-state index < -0.39 is 17.1 Å². The molecule has 0 bridgehead atoms. The Balaban J connectivity index is 1.33. The van der Waals surface area contributed by atoms with Gasteiger partial charge in [-0.05, 0) is 85.7 Å².